The zero-order valence-electron chi connectivity index (χ0n) is 6.06. The van der Waals surface area contributed by atoms with Crippen LogP contribution in [0.1, 0.15) is 12.8 Å². The fraction of sp³-hybridized carbons (Fsp3) is 0.875. The van der Waals surface area contributed by atoms with Crippen molar-refractivity contribution >= 4 is 5.97 Å². The number of rotatable bonds is 1. The Bertz CT molecular complexity index is 225. The summed E-state index contributed by atoms with van der Waals surface area (Å²) in [5.74, 6) is 0.483. The Morgan fingerprint density at radius 3 is 2.73 bits per heavy atom. The van der Waals surface area contributed by atoms with Gasteiger partial charge in [0, 0.05) is 0 Å². The molecule has 3 rings (SSSR count). The Morgan fingerprint density at radius 1 is 1.36 bits per heavy atom. The number of carbonyl (C=O) groups is 1. The first kappa shape index (κ1) is 6.00. The number of carboxylic acid groups (broad SMARTS) is 1. The van der Waals surface area contributed by atoms with Crippen LogP contribution in [-0.4, -0.2) is 23.3 Å². The van der Waals surface area contributed by atoms with Gasteiger partial charge in [-0.15, -0.1) is 0 Å². The predicted octanol–water partition coefficient (Wildman–Crippen LogP) is 0.494. The summed E-state index contributed by atoms with van der Waals surface area (Å²) in [5, 5.41) is 8.79. The van der Waals surface area contributed by atoms with E-state index in [1.165, 1.54) is 6.42 Å². The highest BCUT2D eigenvalue weighted by Crippen LogP contribution is 2.60. The Hall–Kier alpha value is -0.570. The second-order valence-electron chi connectivity index (χ2n) is 3.88. The van der Waals surface area contributed by atoms with Crippen molar-refractivity contribution in [3.05, 3.63) is 0 Å². The summed E-state index contributed by atoms with van der Waals surface area (Å²) in [6.07, 6.45) is 2.36. The minimum atomic E-state index is -0.664. The van der Waals surface area contributed by atoms with E-state index in [-0.39, 0.29) is 12.0 Å². The Labute approximate surface area is 64.3 Å². The molecule has 0 amide bonds. The van der Waals surface area contributed by atoms with Crippen LogP contribution in [0.4, 0.5) is 0 Å². The number of carboxylic acids is 1. The second kappa shape index (κ2) is 1.61. The topological polar surface area (TPSA) is 46.5 Å². The van der Waals surface area contributed by atoms with Crippen LogP contribution in [0.5, 0.6) is 0 Å². The van der Waals surface area contributed by atoms with E-state index >= 15 is 0 Å². The SMILES string of the molecule is O=C(O)[C@H]1C[C@H]2O[C@@H]1[C@@H]1C[C@@H]12. The van der Waals surface area contributed by atoms with Gasteiger partial charge in [-0.05, 0) is 24.7 Å². The largest absolute Gasteiger partial charge is 0.481 e. The molecule has 2 aliphatic heterocycles. The third-order valence-corrected chi connectivity index (χ3v) is 3.32. The molecular weight excluding hydrogens is 144 g/mol. The van der Waals surface area contributed by atoms with Gasteiger partial charge in [-0.3, -0.25) is 4.79 Å². The van der Waals surface area contributed by atoms with Crippen molar-refractivity contribution in [1.29, 1.82) is 0 Å². The summed E-state index contributed by atoms with van der Waals surface area (Å²) in [4.78, 5) is 10.7. The van der Waals surface area contributed by atoms with Crippen LogP contribution < -0.4 is 0 Å². The lowest BCUT2D eigenvalue weighted by Gasteiger charge is -2.12. The van der Waals surface area contributed by atoms with Crippen LogP contribution in [0.25, 0.3) is 0 Å². The molecule has 3 heteroatoms. The molecule has 60 valence electrons. The molecule has 11 heavy (non-hydrogen) atoms. The first-order valence-corrected chi connectivity index (χ1v) is 4.15. The number of hydrogen-bond acceptors (Lipinski definition) is 2. The van der Waals surface area contributed by atoms with Gasteiger partial charge in [-0.2, -0.15) is 0 Å². The zero-order valence-corrected chi connectivity index (χ0v) is 6.06. The molecule has 1 saturated carbocycles. The maximum absolute atomic E-state index is 10.7. The lowest BCUT2D eigenvalue weighted by Crippen LogP contribution is -2.26. The molecule has 2 bridgehead atoms. The first-order chi connectivity index (χ1) is 5.27. The van der Waals surface area contributed by atoms with E-state index in [2.05, 4.69) is 0 Å². The normalized spacial score (nSPS) is 57.6. The van der Waals surface area contributed by atoms with Crippen molar-refractivity contribution in [3.63, 3.8) is 0 Å². The van der Waals surface area contributed by atoms with Crippen LogP contribution in [0, 0.1) is 17.8 Å². The van der Waals surface area contributed by atoms with E-state index in [9.17, 15) is 4.79 Å². The standard InChI is InChI=1S/C8H10O3/c9-8(10)5-2-6-3-1-4(3)7(5)11-6/h3-7H,1-2H2,(H,9,10)/t3-,4+,5-,6+,7+/m0/s1. The lowest BCUT2D eigenvalue weighted by atomic mass is 9.89. The second-order valence-corrected chi connectivity index (χ2v) is 3.88. The molecule has 0 aromatic carbocycles. The van der Waals surface area contributed by atoms with Gasteiger partial charge in [-0.1, -0.05) is 0 Å². The van der Waals surface area contributed by atoms with Gasteiger partial charge < -0.3 is 9.84 Å². The molecule has 1 aliphatic carbocycles. The molecule has 0 aromatic rings. The van der Waals surface area contributed by atoms with Crippen molar-refractivity contribution in [1.82, 2.24) is 0 Å². The number of hydrogen-bond donors (Lipinski definition) is 1. The number of ether oxygens (including phenoxy) is 1. The Kier molecular flexibility index (Phi) is 0.876. The summed E-state index contributed by atoms with van der Waals surface area (Å²) in [5.41, 5.74) is 0. The molecule has 0 unspecified atom stereocenters. The summed E-state index contributed by atoms with van der Waals surface area (Å²) < 4.78 is 5.53. The molecular formula is C8H10O3. The fourth-order valence-electron chi connectivity index (χ4n) is 2.69. The van der Waals surface area contributed by atoms with Crippen LogP contribution in [0.3, 0.4) is 0 Å². The number of fused-ring (bicyclic) bond motifs is 5. The Morgan fingerprint density at radius 2 is 2.18 bits per heavy atom. The van der Waals surface area contributed by atoms with Gasteiger partial charge in [0.25, 0.3) is 0 Å². The third kappa shape index (κ3) is 0.601. The van der Waals surface area contributed by atoms with Crippen LogP contribution in [0.2, 0.25) is 0 Å². The van der Waals surface area contributed by atoms with Crippen molar-refractivity contribution < 1.29 is 14.6 Å². The number of aliphatic carboxylic acids is 1. The quantitative estimate of drug-likeness (QED) is 0.598. The minimum absolute atomic E-state index is 0.0718. The van der Waals surface area contributed by atoms with E-state index in [1.54, 1.807) is 0 Å². The van der Waals surface area contributed by atoms with Gasteiger partial charge in [-0.25, -0.2) is 0 Å². The van der Waals surface area contributed by atoms with Crippen molar-refractivity contribution in [2.75, 3.05) is 0 Å². The van der Waals surface area contributed by atoms with E-state index in [1.807, 2.05) is 0 Å². The van der Waals surface area contributed by atoms with Crippen LogP contribution in [-0.2, 0) is 9.53 Å². The summed E-state index contributed by atoms with van der Waals surface area (Å²) >= 11 is 0. The average molecular weight is 154 g/mol. The van der Waals surface area contributed by atoms with Crippen molar-refractivity contribution in [3.8, 4) is 0 Å². The van der Waals surface area contributed by atoms with E-state index in [0.717, 1.165) is 12.3 Å². The summed E-state index contributed by atoms with van der Waals surface area (Å²) in [6, 6.07) is 0. The molecule has 1 N–H and O–H groups in total. The predicted molar refractivity (Wildman–Crippen MR) is 36.0 cm³/mol. The van der Waals surface area contributed by atoms with Gasteiger partial charge >= 0.3 is 5.97 Å². The Balaban J connectivity index is 1.87. The maximum Gasteiger partial charge on any atom is 0.309 e. The van der Waals surface area contributed by atoms with Gasteiger partial charge in [0.1, 0.15) is 0 Å². The highest BCUT2D eigenvalue weighted by Gasteiger charge is 2.64. The average Bonchev–Trinajstić information content (AvgIpc) is 2.57. The highest BCUT2D eigenvalue weighted by molar-refractivity contribution is 5.71. The smallest absolute Gasteiger partial charge is 0.309 e. The van der Waals surface area contributed by atoms with Gasteiger partial charge in [0.15, 0.2) is 0 Å². The lowest BCUT2D eigenvalue weighted by molar-refractivity contribution is -0.143. The summed E-state index contributed by atoms with van der Waals surface area (Å²) in [6.45, 7) is 0. The maximum atomic E-state index is 10.7. The summed E-state index contributed by atoms with van der Waals surface area (Å²) in [7, 11) is 0. The zero-order chi connectivity index (χ0) is 7.59. The fourth-order valence-corrected chi connectivity index (χ4v) is 2.69. The molecule has 2 heterocycles. The molecule has 3 nitrogen and oxygen atoms in total. The van der Waals surface area contributed by atoms with Crippen LogP contribution in [0.15, 0.2) is 0 Å². The van der Waals surface area contributed by atoms with Gasteiger partial charge in [0.2, 0.25) is 0 Å². The highest BCUT2D eigenvalue weighted by atomic mass is 16.5. The monoisotopic (exact) mass is 154 g/mol. The van der Waals surface area contributed by atoms with Crippen LogP contribution >= 0.6 is 0 Å². The minimum Gasteiger partial charge on any atom is -0.481 e. The first-order valence-electron chi connectivity index (χ1n) is 4.15. The molecule has 3 fully saturated rings. The third-order valence-electron chi connectivity index (χ3n) is 3.32. The van der Waals surface area contributed by atoms with E-state index < -0.39 is 5.97 Å². The van der Waals surface area contributed by atoms with Crippen molar-refractivity contribution in [2.45, 2.75) is 25.0 Å². The van der Waals surface area contributed by atoms with E-state index in [0.29, 0.717) is 12.0 Å². The van der Waals surface area contributed by atoms with Gasteiger partial charge in [0.05, 0.1) is 18.1 Å². The molecule has 2 saturated heterocycles. The van der Waals surface area contributed by atoms with Crippen molar-refractivity contribution in [2.24, 2.45) is 17.8 Å². The molecule has 0 spiro atoms. The molecule has 0 aromatic heterocycles. The van der Waals surface area contributed by atoms with E-state index in [4.69, 9.17) is 9.84 Å². The molecule has 3 aliphatic rings. The molecule has 5 atom stereocenters. The molecule has 0 radical (unpaired) electrons.